The van der Waals surface area contributed by atoms with Gasteiger partial charge in [0.25, 0.3) is 5.91 Å². The highest BCUT2D eigenvalue weighted by Gasteiger charge is 2.22. The van der Waals surface area contributed by atoms with Gasteiger partial charge >= 0.3 is 5.97 Å². The first-order chi connectivity index (χ1) is 9.60. The minimum atomic E-state index is -3.29. The first kappa shape index (κ1) is 17.6. The van der Waals surface area contributed by atoms with E-state index in [1.165, 1.54) is 0 Å². The maximum Gasteiger partial charge on any atom is 0.326 e. The number of nitrogens with one attached hydrogen (secondary N) is 1. The summed E-state index contributed by atoms with van der Waals surface area (Å²) in [6.07, 6.45) is 0.848. The standard InChI is InChI=1S/C13H16BrNO5S/c1-8-7-9(3-4-10(8)14)12(16)15-11(13(17)18)5-6-21(2,19)20/h3-4,7,11H,5-6H2,1-2H3,(H,15,16)(H,17,18). The van der Waals surface area contributed by atoms with Gasteiger partial charge in [-0.2, -0.15) is 0 Å². The Morgan fingerprint density at radius 2 is 2.00 bits per heavy atom. The van der Waals surface area contributed by atoms with Crippen molar-refractivity contribution in [3.05, 3.63) is 33.8 Å². The highest BCUT2D eigenvalue weighted by molar-refractivity contribution is 9.10. The van der Waals surface area contributed by atoms with Gasteiger partial charge in [-0.1, -0.05) is 15.9 Å². The summed E-state index contributed by atoms with van der Waals surface area (Å²) in [6, 6.07) is 3.63. The second-order valence-electron chi connectivity index (χ2n) is 4.75. The van der Waals surface area contributed by atoms with Crippen molar-refractivity contribution in [3.63, 3.8) is 0 Å². The van der Waals surface area contributed by atoms with Gasteiger partial charge in [0.1, 0.15) is 15.9 Å². The molecule has 116 valence electrons. The number of halogens is 1. The van der Waals surface area contributed by atoms with Crippen LogP contribution in [-0.2, 0) is 14.6 Å². The molecule has 2 N–H and O–H groups in total. The van der Waals surface area contributed by atoms with Crippen LogP contribution in [-0.4, -0.2) is 43.5 Å². The van der Waals surface area contributed by atoms with Crippen LogP contribution in [0.5, 0.6) is 0 Å². The third kappa shape index (κ3) is 5.84. The predicted octanol–water partition coefficient (Wildman–Crippen LogP) is 1.38. The fourth-order valence-corrected chi connectivity index (χ4v) is 2.53. The van der Waals surface area contributed by atoms with Gasteiger partial charge in [0.2, 0.25) is 0 Å². The van der Waals surface area contributed by atoms with E-state index in [2.05, 4.69) is 21.2 Å². The largest absolute Gasteiger partial charge is 0.480 e. The summed E-state index contributed by atoms with van der Waals surface area (Å²) in [5.41, 5.74) is 1.16. The first-order valence-electron chi connectivity index (χ1n) is 6.07. The number of rotatable bonds is 6. The van der Waals surface area contributed by atoms with Gasteiger partial charge in [-0.3, -0.25) is 4.79 Å². The van der Waals surface area contributed by atoms with Gasteiger partial charge in [-0.15, -0.1) is 0 Å². The number of carbonyl (C=O) groups excluding carboxylic acids is 1. The van der Waals surface area contributed by atoms with Crippen LogP contribution in [0.1, 0.15) is 22.3 Å². The predicted molar refractivity (Wildman–Crippen MR) is 82.1 cm³/mol. The van der Waals surface area contributed by atoms with Crippen molar-refractivity contribution in [3.8, 4) is 0 Å². The number of hydrogen-bond acceptors (Lipinski definition) is 4. The zero-order chi connectivity index (χ0) is 16.2. The van der Waals surface area contributed by atoms with Crippen molar-refractivity contribution < 1.29 is 23.1 Å². The molecule has 0 aliphatic heterocycles. The summed E-state index contributed by atoms with van der Waals surface area (Å²) >= 11 is 3.31. The van der Waals surface area contributed by atoms with E-state index >= 15 is 0 Å². The number of carboxylic acids is 1. The van der Waals surface area contributed by atoms with Crippen LogP contribution < -0.4 is 5.32 Å². The number of hydrogen-bond donors (Lipinski definition) is 2. The van der Waals surface area contributed by atoms with E-state index in [9.17, 15) is 18.0 Å². The fraction of sp³-hybridized carbons (Fsp3) is 0.385. The van der Waals surface area contributed by atoms with Gasteiger partial charge in [0, 0.05) is 16.3 Å². The van der Waals surface area contributed by atoms with Crippen molar-refractivity contribution in [2.45, 2.75) is 19.4 Å². The smallest absolute Gasteiger partial charge is 0.326 e. The molecule has 1 amide bonds. The molecule has 21 heavy (non-hydrogen) atoms. The molecule has 0 spiro atoms. The van der Waals surface area contributed by atoms with E-state index < -0.39 is 27.8 Å². The topological polar surface area (TPSA) is 101 Å². The Bertz CT molecular complexity index is 657. The summed E-state index contributed by atoms with van der Waals surface area (Å²) < 4.78 is 23.0. The van der Waals surface area contributed by atoms with Crippen molar-refractivity contribution >= 4 is 37.6 Å². The van der Waals surface area contributed by atoms with Gasteiger partial charge in [-0.05, 0) is 37.1 Å². The average molecular weight is 378 g/mol. The first-order valence-corrected chi connectivity index (χ1v) is 8.93. The SMILES string of the molecule is Cc1cc(C(=O)NC(CCS(C)(=O)=O)C(=O)O)ccc1Br. The number of carboxylic acid groups (broad SMARTS) is 1. The highest BCUT2D eigenvalue weighted by Crippen LogP contribution is 2.17. The van der Waals surface area contributed by atoms with Crippen molar-refractivity contribution in [1.82, 2.24) is 5.32 Å². The van der Waals surface area contributed by atoms with E-state index in [1.807, 2.05) is 0 Å². The van der Waals surface area contributed by atoms with E-state index in [1.54, 1.807) is 25.1 Å². The highest BCUT2D eigenvalue weighted by atomic mass is 79.9. The summed E-state index contributed by atoms with van der Waals surface area (Å²) in [7, 11) is -3.29. The molecule has 0 radical (unpaired) electrons. The van der Waals surface area contributed by atoms with Crippen LogP contribution >= 0.6 is 15.9 Å². The Kier molecular flexibility index (Phi) is 5.91. The van der Waals surface area contributed by atoms with Crippen molar-refractivity contribution in [2.24, 2.45) is 0 Å². The number of sulfone groups is 1. The lowest BCUT2D eigenvalue weighted by molar-refractivity contribution is -0.139. The van der Waals surface area contributed by atoms with Crippen LogP contribution in [0.15, 0.2) is 22.7 Å². The van der Waals surface area contributed by atoms with Gasteiger partial charge < -0.3 is 10.4 Å². The Labute approximate surface area is 131 Å². The van der Waals surface area contributed by atoms with Crippen LogP contribution in [0.25, 0.3) is 0 Å². The second kappa shape index (κ2) is 7.04. The molecule has 0 fully saturated rings. The van der Waals surface area contributed by atoms with E-state index in [4.69, 9.17) is 5.11 Å². The number of carbonyl (C=O) groups is 2. The monoisotopic (exact) mass is 377 g/mol. The molecule has 1 atom stereocenters. The second-order valence-corrected chi connectivity index (χ2v) is 7.86. The van der Waals surface area contributed by atoms with Crippen LogP contribution in [0.4, 0.5) is 0 Å². The summed E-state index contributed by atoms with van der Waals surface area (Å²) in [5.74, 6) is -2.11. The summed E-state index contributed by atoms with van der Waals surface area (Å²) in [5, 5.41) is 11.4. The molecule has 1 unspecified atom stereocenters. The molecule has 0 aliphatic carbocycles. The molecule has 0 saturated carbocycles. The summed E-state index contributed by atoms with van der Waals surface area (Å²) in [4.78, 5) is 23.1. The van der Waals surface area contributed by atoms with Crippen LogP contribution in [0, 0.1) is 6.92 Å². The van der Waals surface area contributed by atoms with E-state index in [0.717, 1.165) is 16.3 Å². The lowest BCUT2D eigenvalue weighted by atomic mass is 10.1. The Morgan fingerprint density at radius 1 is 1.38 bits per heavy atom. The molecule has 1 rings (SSSR count). The lowest BCUT2D eigenvalue weighted by Crippen LogP contribution is -2.41. The van der Waals surface area contributed by atoms with Gasteiger partial charge in [0.15, 0.2) is 0 Å². The molecule has 0 aliphatic rings. The molecule has 0 bridgehead atoms. The molecule has 6 nitrogen and oxygen atoms in total. The maximum absolute atomic E-state index is 12.0. The van der Waals surface area contributed by atoms with Gasteiger partial charge in [-0.25, -0.2) is 13.2 Å². The lowest BCUT2D eigenvalue weighted by Gasteiger charge is -2.14. The zero-order valence-corrected chi connectivity index (χ0v) is 14.0. The third-order valence-electron chi connectivity index (χ3n) is 2.80. The molecule has 1 aromatic rings. The van der Waals surface area contributed by atoms with E-state index in [0.29, 0.717) is 5.56 Å². The molecule has 0 aromatic heterocycles. The van der Waals surface area contributed by atoms with Crippen molar-refractivity contribution in [1.29, 1.82) is 0 Å². The molecule has 1 aromatic carbocycles. The quantitative estimate of drug-likeness (QED) is 0.779. The molecular weight excluding hydrogens is 362 g/mol. The van der Waals surface area contributed by atoms with Gasteiger partial charge in [0.05, 0.1) is 5.75 Å². The molecular formula is C13H16BrNO5S. The summed E-state index contributed by atoms with van der Waals surface area (Å²) in [6.45, 7) is 1.80. The maximum atomic E-state index is 12.0. The molecule has 8 heteroatoms. The number of benzene rings is 1. The zero-order valence-electron chi connectivity index (χ0n) is 11.6. The average Bonchev–Trinajstić information content (AvgIpc) is 2.36. The third-order valence-corrected chi connectivity index (χ3v) is 4.67. The van der Waals surface area contributed by atoms with Crippen LogP contribution in [0.2, 0.25) is 0 Å². The number of amides is 1. The number of aryl methyl sites for hydroxylation is 1. The molecule has 0 heterocycles. The fourth-order valence-electron chi connectivity index (χ4n) is 1.62. The molecule has 0 saturated heterocycles. The normalized spacial score (nSPS) is 12.7. The van der Waals surface area contributed by atoms with Crippen LogP contribution in [0.3, 0.4) is 0 Å². The Balaban J connectivity index is 2.81. The minimum absolute atomic E-state index is 0.171. The Morgan fingerprint density at radius 3 is 2.48 bits per heavy atom. The van der Waals surface area contributed by atoms with Crippen molar-refractivity contribution in [2.75, 3.05) is 12.0 Å². The minimum Gasteiger partial charge on any atom is -0.480 e. The number of aliphatic carboxylic acids is 1. The Hall–Kier alpha value is -1.41. The van der Waals surface area contributed by atoms with E-state index in [-0.39, 0.29) is 12.2 Å².